The summed E-state index contributed by atoms with van der Waals surface area (Å²) >= 11 is 0. The van der Waals surface area contributed by atoms with Gasteiger partial charge < -0.3 is 18.9 Å². The molecule has 0 aromatic rings. The molecule has 0 fully saturated rings. The second-order valence-corrected chi connectivity index (χ2v) is 16.5. The Hall–Kier alpha value is -1.96. The van der Waals surface area contributed by atoms with E-state index in [4.69, 9.17) is 18.5 Å². The Bertz CT molecular complexity index is 1030. The van der Waals surface area contributed by atoms with Gasteiger partial charge in [0.25, 0.3) is 0 Å². The Morgan fingerprint density at radius 2 is 1.06 bits per heavy atom. The van der Waals surface area contributed by atoms with Gasteiger partial charge in [-0.1, -0.05) is 120 Å². The number of quaternary nitrogens is 1. The molecular weight excluding hydrogens is 685 g/mol. The number of rotatable bonds is 38. The van der Waals surface area contributed by atoms with Crippen LogP contribution in [-0.2, 0) is 27.9 Å². The molecule has 8 nitrogen and oxygen atoms in total. The van der Waals surface area contributed by atoms with Gasteiger partial charge in [0, 0.05) is 6.42 Å². The first-order valence-electron chi connectivity index (χ1n) is 21.1. The molecule has 0 aliphatic heterocycles. The molecule has 0 aromatic heterocycles. The third-order valence-corrected chi connectivity index (χ3v) is 9.60. The average molecular weight is 767 g/mol. The normalized spacial score (nSPS) is 14.4. The summed E-state index contributed by atoms with van der Waals surface area (Å²) in [7, 11) is 1.60. The second kappa shape index (κ2) is 37.0. The zero-order valence-corrected chi connectivity index (χ0v) is 35.6. The van der Waals surface area contributed by atoms with Crippen LogP contribution in [0.1, 0.15) is 162 Å². The maximum atomic E-state index is 12.6. The van der Waals surface area contributed by atoms with Crippen molar-refractivity contribution in [1.29, 1.82) is 0 Å². The highest BCUT2D eigenvalue weighted by molar-refractivity contribution is 7.47. The number of unbranched alkanes of at least 4 members (excludes halogenated alkanes) is 16. The number of likely N-dealkylation sites (N-methyl/N-ethyl adjacent to an activating group) is 1. The van der Waals surface area contributed by atoms with Crippen molar-refractivity contribution in [3.8, 4) is 0 Å². The topological polar surface area (TPSA) is 91.3 Å². The molecule has 9 heteroatoms. The standard InChI is InChI=1S/C44H80NO7P/c1-6-8-10-12-14-16-18-20-22-24-26-28-30-32-34-36-39-49-41-43(42-51-53(47,48)50-40-38-45(3,4)5)52-44(46)37-35-33-31-29-27-25-23-21-19-17-15-13-11-9-7-2/h15-18,21,23,27,29,36,39,43H,6-14,19-20,22,24-26,28,30-35,37-38,40-42H2,1-5H3/p+1/b17-15-,18-16-,23-21-,29-27-,39-36-. The number of carbonyl (C=O) groups is 1. The first-order chi connectivity index (χ1) is 25.6. The van der Waals surface area contributed by atoms with Gasteiger partial charge in [-0.25, -0.2) is 4.57 Å². The summed E-state index contributed by atoms with van der Waals surface area (Å²) in [6, 6.07) is 0. The van der Waals surface area contributed by atoms with Gasteiger partial charge >= 0.3 is 13.8 Å². The van der Waals surface area contributed by atoms with E-state index in [2.05, 4.69) is 62.5 Å². The zero-order valence-electron chi connectivity index (χ0n) is 34.7. The maximum Gasteiger partial charge on any atom is 0.472 e. The van der Waals surface area contributed by atoms with Crippen LogP contribution in [0.3, 0.4) is 0 Å². The van der Waals surface area contributed by atoms with Crippen molar-refractivity contribution in [2.75, 3.05) is 47.5 Å². The first-order valence-corrected chi connectivity index (χ1v) is 22.6. The van der Waals surface area contributed by atoms with Crippen molar-refractivity contribution >= 4 is 13.8 Å². The quantitative estimate of drug-likeness (QED) is 0.0167. The van der Waals surface area contributed by atoms with E-state index in [0.29, 0.717) is 17.4 Å². The molecule has 0 aliphatic carbocycles. The van der Waals surface area contributed by atoms with E-state index in [1.165, 1.54) is 96.3 Å². The van der Waals surface area contributed by atoms with Crippen LogP contribution >= 0.6 is 7.82 Å². The molecule has 0 amide bonds. The fourth-order valence-corrected chi connectivity index (χ4v) is 6.02. The third-order valence-electron chi connectivity index (χ3n) is 8.62. The Kier molecular flexibility index (Phi) is 35.6. The Balaban J connectivity index is 4.41. The summed E-state index contributed by atoms with van der Waals surface area (Å²) < 4.78 is 34.6. The number of ether oxygens (including phenoxy) is 2. The lowest BCUT2D eigenvalue weighted by atomic mass is 10.1. The molecule has 53 heavy (non-hydrogen) atoms. The number of nitrogens with zero attached hydrogens (tertiary/aromatic N) is 1. The molecule has 0 radical (unpaired) electrons. The van der Waals surface area contributed by atoms with Crippen LogP contribution in [0.2, 0.25) is 0 Å². The predicted molar refractivity (Wildman–Crippen MR) is 224 cm³/mol. The van der Waals surface area contributed by atoms with Crippen molar-refractivity contribution in [1.82, 2.24) is 0 Å². The molecule has 2 unspecified atom stereocenters. The van der Waals surface area contributed by atoms with Crippen molar-refractivity contribution in [2.24, 2.45) is 0 Å². The monoisotopic (exact) mass is 767 g/mol. The minimum atomic E-state index is -4.30. The van der Waals surface area contributed by atoms with E-state index in [1.54, 1.807) is 6.26 Å². The van der Waals surface area contributed by atoms with E-state index in [1.807, 2.05) is 27.2 Å². The molecule has 0 aliphatic rings. The van der Waals surface area contributed by atoms with E-state index < -0.39 is 13.9 Å². The van der Waals surface area contributed by atoms with Crippen molar-refractivity contribution in [3.63, 3.8) is 0 Å². The fourth-order valence-electron chi connectivity index (χ4n) is 5.28. The molecule has 0 heterocycles. The lowest BCUT2D eigenvalue weighted by Gasteiger charge is -2.24. The highest BCUT2D eigenvalue weighted by atomic mass is 31.2. The van der Waals surface area contributed by atoms with Crippen LogP contribution < -0.4 is 0 Å². The molecule has 0 rings (SSSR count). The third kappa shape index (κ3) is 41.1. The van der Waals surface area contributed by atoms with E-state index in [9.17, 15) is 14.3 Å². The molecule has 0 aromatic carbocycles. The van der Waals surface area contributed by atoms with Crippen molar-refractivity contribution in [2.45, 2.75) is 168 Å². The molecule has 0 saturated heterocycles. The van der Waals surface area contributed by atoms with Gasteiger partial charge in [0.15, 0.2) is 6.10 Å². The van der Waals surface area contributed by atoms with E-state index >= 15 is 0 Å². The molecule has 0 saturated carbocycles. The lowest BCUT2D eigenvalue weighted by molar-refractivity contribution is -0.870. The lowest BCUT2D eigenvalue weighted by Crippen LogP contribution is -2.37. The van der Waals surface area contributed by atoms with Gasteiger partial charge in [-0.15, -0.1) is 0 Å². The van der Waals surface area contributed by atoms with Gasteiger partial charge in [0.2, 0.25) is 0 Å². The van der Waals surface area contributed by atoms with Crippen molar-refractivity contribution in [3.05, 3.63) is 60.9 Å². The van der Waals surface area contributed by atoms with Gasteiger partial charge in [-0.3, -0.25) is 13.8 Å². The molecular formula is C44H81NO7P+. The highest BCUT2D eigenvalue weighted by Crippen LogP contribution is 2.43. The van der Waals surface area contributed by atoms with E-state index in [0.717, 1.165) is 38.5 Å². The SMILES string of the molecule is CCCCC/C=C\C/C=C\C/C=C\CCCCC(=O)OC(CO/C=C\CCCCCCCC/C=C\CCCCCC)COP(=O)(O)OCC[N+](C)(C)C. The summed E-state index contributed by atoms with van der Waals surface area (Å²) in [4.78, 5) is 22.8. The predicted octanol–water partition coefficient (Wildman–Crippen LogP) is 12.5. The summed E-state index contributed by atoms with van der Waals surface area (Å²) in [6.07, 6.45) is 46.3. The van der Waals surface area contributed by atoms with Crippen LogP contribution in [0.5, 0.6) is 0 Å². The second-order valence-electron chi connectivity index (χ2n) is 15.1. The number of phosphoric ester groups is 1. The van der Waals surface area contributed by atoms with Crippen LogP contribution in [0, 0.1) is 0 Å². The Morgan fingerprint density at radius 1 is 0.604 bits per heavy atom. The molecule has 0 spiro atoms. The number of carbonyl (C=O) groups excluding carboxylic acids is 1. The summed E-state index contributed by atoms with van der Waals surface area (Å²) in [5, 5.41) is 0. The largest absolute Gasteiger partial charge is 0.498 e. The van der Waals surface area contributed by atoms with E-state index in [-0.39, 0.29) is 32.2 Å². The number of allylic oxidation sites excluding steroid dienone is 9. The van der Waals surface area contributed by atoms with Gasteiger partial charge in [-0.05, 0) is 89.5 Å². The average Bonchev–Trinajstić information content (AvgIpc) is 3.11. The molecule has 2 atom stereocenters. The summed E-state index contributed by atoms with van der Waals surface area (Å²) in [5.41, 5.74) is 0. The van der Waals surface area contributed by atoms with Gasteiger partial charge in [0.05, 0.1) is 34.0 Å². The first kappa shape index (κ1) is 51.0. The summed E-state index contributed by atoms with van der Waals surface area (Å²) in [5.74, 6) is -0.377. The number of hydrogen-bond donors (Lipinski definition) is 1. The Morgan fingerprint density at radius 3 is 1.62 bits per heavy atom. The summed E-state index contributed by atoms with van der Waals surface area (Å²) in [6.45, 7) is 4.82. The number of esters is 1. The number of phosphoric acid groups is 1. The minimum Gasteiger partial charge on any atom is -0.498 e. The van der Waals surface area contributed by atoms with Gasteiger partial charge in [0.1, 0.15) is 19.8 Å². The Labute approximate surface area is 326 Å². The van der Waals surface area contributed by atoms with Crippen LogP contribution in [0.25, 0.3) is 0 Å². The molecule has 0 bridgehead atoms. The van der Waals surface area contributed by atoms with Crippen LogP contribution in [0.15, 0.2) is 60.9 Å². The van der Waals surface area contributed by atoms with Crippen molar-refractivity contribution < 1.29 is 37.3 Å². The fraction of sp³-hybridized carbons (Fsp3) is 0.750. The maximum absolute atomic E-state index is 12.6. The number of hydrogen-bond acceptors (Lipinski definition) is 6. The molecule has 308 valence electrons. The van der Waals surface area contributed by atoms with Crippen LogP contribution in [0.4, 0.5) is 0 Å². The smallest absolute Gasteiger partial charge is 0.472 e. The van der Waals surface area contributed by atoms with Gasteiger partial charge in [-0.2, -0.15) is 0 Å². The highest BCUT2D eigenvalue weighted by Gasteiger charge is 2.26. The molecule has 1 N–H and O–H groups in total. The minimum absolute atomic E-state index is 0.0270. The zero-order chi connectivity index (χ0) is 39.1. The van der Waals surface area contributed by atoms with Crippen LogP contribution in [-0.4, -0.2) is 69.0 Å².